The van der Waals surface area contributed by atoms with Gasteiger partial charge in [-0.25, -0.2) is 9.67 Å². The van der Waals surface area contributed by atoms with Crippen molar-refractivity contribution >= 4 is 23.3 Å². The molecule has 3 aromatic rings. The van der Waals surface area contributed by atoms with E-state index in [2.05, 4.69) is 20.7 Å². The Labute approximate surface area is 188 Å². The molecule has 0 aliphatic carbocycles. The average molecular weight is 492 g/mol. The van der Waals surface area contributed by atoms with Crippen molar-refractivity contribution in [2.45, 2.75) is 19.3 Å². The van der Waals surface area contributed by atoms with E-state index in [1.807, 2.05) is 0 Å². The molecule has 13 heteroatoms. The lowest BCUT2D eigenvalue weighted by Crippen LogP contribution is -2.30. The number of hydrogen-bond acceptors (Lipinski definition) is 4. The summed E-state index contributed by atoms with van der Waals surface area (Å²) in [6.07, 6.45) is -8.06. The number of alkyl halides is 6. The molecule has 0 bridgehead atoms. The molecule has 2 heterocycles. The van der Waals surface area contributed by atoms with Crippen molar-refractivity contribution in [3.8, 4) is 5.69 Å². The van der Waals surface area contributed by atoms with E-state index < -0.39 is 35.1 Å². The third-order valence-electron chi connectivity index (χ3n) is 4.43. The Morgan fingerprint density at radius 1 is 1.03 bits per heavy atom. The Bertz CT molecular complexity index is 1140. The van der Waals surface area contributed by atoms with Crippen molar-refractivity contribution in [1.82, 2.24) is 20.1 Å². The first kappa shape index (κ1) is 24.4. The quantitative estimate of drug-likeness (QED) is 0.371. The summed E-state index contributed by atoms with van der Waals surface area (Å²) in [4.78, 5) is 16.0. The predicted octanol–water partition coefficient (Wildman–Crippen LogP) is 5.11. The van der Waals surface area contributed by atoms with Gasteiger partial charge >= 0.3 is 12.4 Å². The zero-order valence-electron chi connectivity index (χ0n) is 16.9. The van der Waals surface area contributed by atoms with E-state index in [1.165, 1.54) is 12.1 Å². The van der Waals surface area contributed by atoms with Crippen LogP contribution in [0.25, 0.3) is 5.69 Å². The van der Waals surface area contributed by atoms with Gasteiger partial charge in [0.25, 0.3) is 5.91 Å². The lowest BCUT2D eigenvalue weighted by molar-refractivity contribution is -0.143. The SMILES string of the molecule is Cc1ccc(-n2ncc(C(=O)NCCNc3ncc(C(F)(F)F)cc3Cl)c2C(F)(F)F)cc1. The molecule has 2 aromatic heterocycles. The van der Waals surface area contributed by atoms with Gasteiger partial charge < -0.3 is 10.6 Å². The summed E-state index contributed by atoms with van der Waals surface area (Å²) in [5.41, 5.74) is -1.96. The highest BCUT2D eigenvalue weighted by atomic mass is 35.5. The van der Waals surface area contributed by atoms with Gasteiger partial charge in [0.2, 0.25) is 0 Å². The third kappa shape index (κ3) is 5.75. The molecule has 0 atom stereocenters. The van der Waals surface area contributed by atoms with Gasteiger partial charge in [-0.2, -0.15) is 31.4 Å². The summed E-state index contributed by atoms with van der Waals surface area (Å²) in [6, 6.07) is 6.81. The summed E-state index contributed by atoms with van der Waals surface area (Å²) in [6.45, 7) is 1.56. The normalized spacial score (nSPS) is 12.0. The second kappa shape index (κ2) is 9.30. The Kier molecular flexibility index (Phi) is 6.86. The standard InChI is InChI=1S/C20H16ClF6N5O/c1-11-2-4-13(5-3-11)32-16(20(25,26)27)14(10-31-32)18(33)29-7-6-28-17-15(21)8-12(9-30-17)19(22,23)24/h2-5,8-10H,6-7H2,1H3,(H,28,30)(H,29,33). The first-order valence-electron chi connectivity index (χ1n) is 9.35. The van der Waals surface area contributed by atoms with Gasteiger partial charge in [-0.3, -0.25) is 4.79 Å². The summed E-state index contributed by atoms with van der Waals surface area (Å²) in [5.74, 6) is -1.09. The molecule has 0 saturated carbocycles. The molecule has 0 unspecified atom stereocenters. The maximum atomic E-state index is 13.7. The number of hydrogen-bond donors (Lipinski definition) is 2. The van der Waals surface area contributed by atoms with Gasteiger partial charge in [-0.1, -0.05) is 29.3 Å². The highest BCUT2D eigenvalue weighted by Crippen LogP contribution is 2.34. The zero-order valence-corrected chi connectivity index (χ0v) is 17.6. The highest BCUT2D eigenvalue weighted by Gasteiger charge is 2.40. The van der Waals surface area contributed by atoms with Crippen LogP contribution in [0.1, 0.15) is 27.2 Å². The molecule has 33 heavy (non-hydrogen) atoms. The lowest BCUT2D eigenvalue weighted by Gasteiger charge is -2.13. The number of aromatic nitrogens is 3. The molecule has 2 N–H and O–H groups in total. The first-order valence-corrected chi connectivity index (χ1v) is 9.73. The van der Waals surface area contributed by atoms with Crippen LogP contribution in [-0.4, -0.2) is 33.8 Å². The van der Waals surface area contributed by atoms with Gasteiger partial charge in [0.1, 0.15) is 5.82 Å². The van der Waals surface area contributed by atoms with Gasteiger partial charge in [0, 0.05) is 19.3 Å². The van der Waals surface area contributed by atoms with Gasteiger partial charge in [-0.05, 0) is 25.1 Å². The van der Waals surface area contributed by atoms with Gasteiger partial charge in [0.05, 0.1) is 28.0 Å². The number of amides is 1. The van der Waals surface area contributed by atoms with E-state index in [4.69, 9.17) is 11.6 Å². The zero-order chi connectivity index (χ0) is 24.4. The van der Waals surface area contributed by atoms with Crippen molar-refractivity contribution in [2.24, 2.45) is 0 Å². The maximum Gasteiger partial charge on any atom is 0.434 e. The van der Waals surface area contributed by atoms with Crippen molar-refractivity contribution in [3.05, 3.63) is 70.1 Å². The molecule has 0 spiro atoms. The third-order valence-corrected chi connectivity index (χ3v) is 4.72. The van der Waals surface area contributed by atoms with E-state index >= 15 is 0 Å². The molecule has 176 valence electrons. The fourth-order valence-electron chi connectivity index (χ4n) is 2.84. The number of aryl methyl sites for hydroxylation is 1. The molecule has 0 saturated heterocycles. The van der Waals surface area contributed by atoms with Crippen LogP contribution >= 0.6 is 11.6 Å². The minimum absolute atomic E-state index is 0.0583. The number of carbonyl (C=O) groups is 1. The minimum Gasteiger partial charge on any atom is -0.367 e. The monoisotopic (exact) mass is 491 g/mol. The molecule has 3 rings (SSSR count). The fraction of sp³-hybridized carbons (Fsp3) is 0.250. The summed E-state index contributed by atoms with van der Waals surface area (Å²) in [5, 5.41) is 8.34. The van der Waals surface area contributed by atoms with Crippen molar-refractivity contribution in [2.75, 3.05) is 18.4 Å². The topological polar surface area (TPSA) is 71.8 Å². The average Bonchev–Trinajstić information content (AvgIpc) is 3.17. The number of pyridine rings is 1. The Balaban J connectivity index is 1.68. The van der Waals surface area contributed by atoms with Crippen LogP contribution in [-0.2, 0) is 12.4 Å². The molecular formula is C20H16ClF6N5O. The Hall–Kier alpha value is -3.28. The second-order valence-electron chi connectivity index (χ2n) is 6.89. The minimum atomic E-state index is -4.86. The number of nitrogens with one attached hydrogen (secondary N) is 2. The van der Waals surface area contributed by atoms with E-state index in [9.17, 15) is 31.1 Å². The van der Waals surface area contributed by atoms with Crippen molar-refractivity contribution in [3.63, 3.8) is 0 Å². The first-order chi connectivity index (χ1) is 15.4. The molecule has 0 fully saturated rings. The number of carbonyl (C=O) groups excluding carboxylic acids is 1. The van der Waals surface area contributed by atoms with Crippen LogP contribution in [0.3, 0.4) is 0 Å². The van der Waals surface area contributed by atoms with Crippen LogP contribution in [0, 0.1) is 6.92 Å². The smallest absolute Gasteiger partial charge is 0.367 e. The van der Waals surface area contributed by atoms with Crippen LogP contribution in [0.2, 0.25) is 5.02 Å². The highest BCUT2D eigenvalue weighted by molar-refractivity contribution is 6.32. The number of halogens is 7. The van der Waals surface area contributed by atoms with Crippen molar-refractivity contribution < 1.29 is 31.1 Å². The fourth-order valence-corrected chi connectivity index (χ4v) is 3.08. The molecule has 1 aromatic carbocycles. The molecular weight excluding hydrogens is 476 g/mol. The van der Waals surface area contributed by atoms with E-state index in [-0.39, 0.29) is 29.6 Å². The van der Waals surface area contributed by atoms with Crippen LogP contribution in [0.15, 0.2) is 42.7 Å². The predicted molar refractivity (Wildman–Crippen MR) is 108 cm³/mol. The Morgan fingerprint density at radius 3 is 2.27 bits per heavy atom. The summed E-state index contributed by atoms with van der Waals surface area (Å²) >= 11 is 5.77. The van der Waals surface area contributed by atoms with Crippen LogP contribution < -0.4 is 10.6 Å². The van der Waals surface area contributed by atoms with Gasteiger partial charge in [0.15, 0.2) is 5.69 Å². The molecule has 0 aliphatic heterocycles. The second-order valence-corrected chi connectivity index (χ2v) is 7.29. The maximum absolute atomic E-state index is 13.7. The van der Waals surface area contributed by atoms with Crippen LogP contribution in [0.5, 0.6) is 0 Å². The number of nitrogens with zero attached hydrogens (tertiary/aromatic N) is 3. The number of rotatable bonds is 6. The molecule has 1 amide bonds. The number of anilines is 1. The van der Waals surface area contributed by atoms with Crippen molar-refractivity contribution in [1.29, 1.82) is 0 Å². The molecule has 0 aliphatic rings. The van der Waals surface area contributed by atoms with E-state index in [0.29, 0.717) is 16.9 Å². The van der Waals surface area contributed by atoms with Crippen LogP contribution in [0.4, 0.5) is 32.2 Å². The summed E-state index contributed by atoms with van der Waals surface area (Å²) in [7, 11) is 0. The van der Waals surface area contributed by atoms with Gasteiger partial charge in [-0.15, -0.1) is 0 Å². The lowest BCUT2D eigenvalue weighted by atomic mass is 10.2. The van der Waals surface area contributed by atoms with E-state index in [0.717, 1.165) is 11.8 Å². The van der Waals surface area contributed by atoms with E-state index in [1.54, 1.807) is 19.1 Å². The largest absolute Gasteiger partial charge is 0.434 e. The molecule has 0 radical (unpaired) electrons. The summed E-state index contributed by atoms with van der Waals surface area (Å²) < 4.78 is 79.6. The molecule has 6 nitrogen and oxygen atoms in total. The number of benzene rings is 1. The Morgan fingerprint density at radius 2 is 1.70 bits per heavy atom.